The first-order valence-corrected chi connectivity index (χ1v) is 8.85. The Hall–Kier alpha value is -3.77. The van der Waals surface area contributed by atoms with E-state index in [1.165, 1.54) is 30.3 Å². The maximum Gasteiger partial charge on any atom is 0.343 e. The standard InChI is InChI=1S/C22H14ClNO5/c23-18-8-4-16(5-9-18)21(25)14-3-15-1-12-20(13-2-15)29-22(26)17-6-10-19(11-7-17)24(27)28/h1-14H/b14-3+. The van der Waals surface area contributed by atoms with Gasteiger partial charge in [0.2, 0.25) is 0 Å². The maximum absolute atomic E-state index is 12.1. The molecule has 0 aromatic heterocycles. The van der Waals surface area contributed by atoms with E-state index >= 15 is 0 Å². The highest BCUT2D eigenvalue weighted by molar-refractivity contribution is 6.30. The van der Waals surface area contributed by atoms with Gasteiger partial charge < -0.3 is 4.74 Å². The third kappa shape index (κ3) is 5.37. The number of benzene rings is 3. The summed E-state index contributed by atoms with van der Waals surface area (Å²) >= 11 is 5.81. The quantitative estimate of drug-likeness (QED) is 0.137. The van der Waals surface area contributed by atoms with Crippen molar-refractivity contribution in [1.82, 2.24) is 0 Å². The van der Waals surface area contributed by atoms with Crippen molar-refractivity contribution in [2.45, 2.75) is 0 Å². The topological polar surface area (TPSA) is 86.5 Å². The highest BCUT2D eigenvalue weighted by atomic mass is 35.5. The normalized spacial score (nSPS) is 10.7. The maximum atomic E-state index is 12.1. The fourth-order valence-corrected chi connectivity index (χ4v) is 2.54. The van der Waals surface area contributed by atoms with Gasteiger partial charge in [-0.25, -0.2) is 4.79 Å². The van der Waals surface area contributed by atoms with E-state index in [2.05, 4.69) is 0 Å². The van der Waals surface area contributed by atoms with Crippen LogP contribution in [-0.4, -0.2) is 16.7 Å². The van der Waals surface area contributed by atoms with Crippen LogP contribution in [0.4, 0.5) is 5.69 Å². The predicted molar refractivity (Wildman–Crippen MR) is 109 cm³/mol. The van der Waals surface area contributed by atoms with E-state index in [1.54, 1.807) is 54.6 Å². The van der Waals surface area contributed by atoms with Crippen molar-refractivity contribution < 1.29 is 19.2 Å². The van der Waals surface area contributed by atoms with Crippen LogP contribution in [-0.2, 0) is 0 Å². The van der Waals surface area contributed by atoms with Crippen LogP contribution in [0, 0.1) is 10.1 Å². The number of hydrogen-bond donors (Lipinski definition) is 0. The van der Waals surface area contributed by atoms with Gasteiger partial charge in [-0.3, -0.25) is 14.9 Å². The fourth-order valence-electron chi connectivity index (χ4n) is 2.41. The summed E-state index contributed by atoms with van der Waals surface area (Å²) in [5.41, 5.74) is 1.38. The average molecular weight is 408 g/mol. The number of nitro groups is 1. The van der Waals surface area contributed by atoms with Gasteiger partial charge in [-0.1, -0.05) is 29.8 Å². The van der Waals surface area contributed by atoms with Crippen LogP contribution in [0.15, 0.2) is 78.9 Å². The van der Waals surface area contributed by atoms with Crippen molar-refractivity contribution in [1.29, 1.82) is 0 Å². The zero-order valence-electron chi connectivity index (χ0n) is 14.9. The number of non-ortho nitro benzene ring substituents is 1. The fraction of sp³-hybridized carbons (Fsp3) is 0. The molecule has 29 heavy (non-hydrogen) atoms. The molecule has 6 nitrogen and oxygen atoms in total. The summed E-state index contributed by atoms with van der Waals surface area (Å²) in [7, 11) is 0. The number of ether oxygens (including phenoxy) is 1. The number of rotatable bonds is 6. The van der Waals surface area contributed by atoms with Crippen molar-refractivity contribution in [3.05, 3.63) is 111 Å². The molecule has 0 amide bonds. The molecule has 0 unspecified atom stereocenters. The molecule has 0 saturated heterocycles. The van der Waals surface area contributed by atoms with Gasteiger partial charge >= 0.3 is 5.97 Å². The number of esters is 1. The Morgan fingerprint density at radius 1 is 0.862 bits per heavy atom. The number of carbonyl (C=O) groups excluding carboxylic acids is 2. The number of nitro benzene ring substituents is 1. The minimum atomic E-state index is -0.624. The van der Waals surface area contributed by atoms with Crippen LogP contribution < -0.4 is 4.74 Å². The lowest BCUT2D eigenvalue weighted by Crippen LogP contribution is -2.08. The van der Waals surface area contributed by atoms with Gasteiger partial charge in [0.1, 0.15) is 5.75 Å². The Balaban J connectivity index is 1.62. The van der Waals surface area contributed by atoms with Gasteiger partial charge in [-0.2, -0.15) is 0 Å². The van der Waals surface area contributed by atoms with Gasteiger partial charge in [-0.15, -0.1) is 0 Å². The summed E-state index contributed by atoms with van der Waals surface area (Å²) in [6.45, 7) is 0. The molecule has 0 atom stereocenters. The molecule has 0 spiro atoms. The molecule has 0 fully saturated rings. The second-order valence-electron chi connectivity index (χ2n) is 5.97. The number of allylic oxidation sites excluding steroid dienone is 1. The summed E-state index contributed by atoms with van der Waals surface area (Å²) in [5, 5.41) is 11.2. The molecule has 0 bridgehead atoms. The number of hydrogen-bond acceptors (Lipinski definition) is 5. The molecular formula is C22H14ClNO5. The van der Waals surface area contributed by atoms with E-state index in [-0.39, 0.29) is 17.0 Å². The van der Waals surface area contributed by atoms with Crippen molar-refractivity contribution in [3.8, 4) is 5.75 Å². The summed E-state index contributed by atoms with van der Waals surface area (Å²) in [4.78, 5) is 34.3. The van der Waals surface area contributed by atoms with Gasteiger partial charge in [0.15, 0.2) is 5.78 Å². The molecule has 144 valence electrons. The van der Waals surface area contributed by atoms with Crippen LogP contribution in [0.25, 0.3) is 6.08 Å². The SMILES string of the molecule is O=C(/C=C/c1ccc(OC(=O)c2ccc([N+](=O)[O-])cc2)cc1)c1ccc(Cl)cc1. The second-order valence-corrected chi connectivity index (χ2v) is 6.40. The second kappa shape index (κ2) is 8.95. The van der Waals surface area contributed by atoms with E-state index in [0.717, 1.165) is 5.56 Å². The molecule has 0 aliphatic carbocycles. The van der Waals surface area contributed by atoms with Crippen LogP contribution in [0.5, 0.6) is 5.75 Å². The zero-order chi connectivity index (χ0) is 20.8. The molecule has 3 rings (SSSR count). The molecule has 7 heteroatoms. The van der Waals surface area contributed by atoms with Crippen molar-refractivity contribution in [2.75, 3.05) is 0 Å². The molecule has 0 aliphatic rings. The number of halogens is 1. The van der Waals surface area contributed by atoms with E-state index in [1.807, 2.05) is 0 Å². The smallest absolute Gasteiger partial charge is 0.343 e. The summed E-state index contributed by atoms with van der Waals surface area (Å²) in [5.74, 6) is -0.467. The monoisotopic (exact) mass is 407 g/mol. The van der Waals surface area contributed by atoms with E-state index < -0.39 is 10.9 Å². The Morgan fingerprint density at radius 2 is 1.45 bits per heavy atom. The summed E-state index contributed by atoms with van der Waals surface area (Å²) < 4.78 is 5.25. The Morgan fingerprint density at radius 3 is 2.03 bits per heavy atom. The molecule has 0 aliphatic heterocycles. The minimum absolute atomic E-state index is 0.106. The van der Waals surface area contributed by atoms with Crippen LogP contribution in [0.2, 0.25) is 5.02 Å². The first kappa shape index (κ1) is 20.0. The molecule has 3 aromatic rings. The molecular weight excluding hydrogens is 394 g/mol. The molecule has 0 radical (unpaired) electrons. The Bertz CT molecular complexity index is 1070. The molecule has 0 saturated carbocycles. The Kier molecular flexibility index (Phi) is 6.16. The van der Waals surface area contributed by atoms with Crippen molar-refractivity contribution in [2.24, 2.45) is 0 Å². The zero-order valence-corrected chi connectivity index (χ0v) is 15.7. The lowest BCUT2D eigenvalue weighted by atomic mass is 10.1. The van der Waals surface area contributed by atoms with Crippen LogP contribution in [0.3, 0.4) is 0 Å². The Labute approximate surface area is 171 Å². The van der Waals surface area contributed by atoms with E-state index in [0.29, 0.717) is 16.3 Å². The van der Waals surface area contributed by atoms with Crippen molar-refractivity contribution in [3.63, 3.8) is 0 Å². The lowest BCUT2D eigenvalue weighted by Gasteiger charge is -2.04. The molecule has 3 aromatic carbocycles. The van der Waals surface area contributed by atoms with Gasteiger partial charge in [0.25, 0.3) is 5.69 Å². The molecule has 0 heterocycles. The van der Waals surface area contributed by atoms with Crippen LogP contribution in [0.1, 0.15) is 26.3 Å². The van der Waals surface area contributed by atoms with Gasteiger partial charge in [0.05, 0.1) is 10.5 Å². The van der Waals surface area contributed by atoms with E-state index in [4.69, 9.17) is 16.3 Å². The summed E-state index contributed by atoms with van der Waals surface area (Å²) in [6, 6.07) is 18.3. The highest BCUT2D eigenvalue weighted by Gasteiger charge is 2.11. The third-order valence-electron chi connectivity index (χ3n) is 3.96. The number of nitrogens with zero attached hydrogens (tertiary/aromatic N) is 1. The summed E-state index contributed by atoms with van der Waals surface area (Å²) in [6.07, 6.45) is 3.10. The minimum Gasteiger partial charge on any atom is -0.423 e. The highest BCUT2D eigenvalue weighted by Crippen LogP contribution is 2.18. The molecule has 0 N–H and O–H groups in total. The third-order valence-corrected chi connectivity index (χ3v) is 4.21. The van der Waals surface area contributed by atoms with Gasteiger partial charge in [-0.05, 0) is 60.2 Å². The van der Waals surface area contributed by atoms with E-state index in [9.17, 15) is 19.7 Å². The number of carbonyl (C=O) groups is 2. The largest absolute Gasteiger partial charge is 0.423 e. The van der Waals surface area contributed by atoms with Crippen molar-refractivity contribution >= 4 is 35.1 Å². The number of ketones is 1. The lowest BCUT2D eigenvalue weighted by molar-refractivity contribution is -0.384. The average Bonchev–Trinajstić information content (AvgIpc) is 2.73. The van der Waals surface area contributed by atoms with Gasteiger partial charge in [0, 0.05) is 22.7 Å². The predicted octanol–water partition coefficient (Wildman–Crippen LogP) is 5.36. The van der Waals surface area contributed by atoms with Crippen LogP contribution >= 0.6 is 11.6 Å². The first-order valence-electron chi connectivity index (χ1n) is 8.47. The first-order chi connectivity index (χ1) is 13.9.